The minimum absolute atomic E-state index is 0.623. The van der Waals surface area contributed by atoms with E-state index in [2.05, 4.69) is 32.4 Å². The third-order valence-corrected chi connectivity index (χ3v) is 2.38. The highest BCUT2D eigenvalue weighted by Crippen LogP contribution is 2.09. The van der Waals surface area contributed by atoms with Gasteiger partial charge in [-0.1, -0.05) is 22.9 Å². The summed E-state index contributed by atoms with van der Waals surface area (Å²) in [6.45, 7) is 2.18. The summed E-state index contributed by atoms with van der Waals surface area (Å²) in [6, 6.07) is 0. The summed E-state index contributed by atoms with van der Waals surface area (Å²) in [5, 5.41) is 0. The summed E-state index contributed by atoms with van der Waals surface area (Å²) in [7, 11) is 2.04. The summed E-state index contributed by atoms with van der Waals surface area (Å²) >= 11 is 3.53. The molecular weight excluding hydrogens is 216 g/mol. The van der Waals surface area contributed by atoms with E-state index < -0.39 is 0 Å². The standard InChI is InChI=1S/C9H15BrN2/c1-8(10)4-3-5-9-11-6-7-12(9)2/h6-8H,3-5H2,1-2H3. The fourth-order valence-corrected chi connectivity index (χ4v) is 1.50. The van der Waals surface area contributed by atoms with Crippen LogP contribution in [-0.2, 0) is 13.5 Å². The van der Waals surface area contributed by atoms with Crippen LogP contribution in [0.2, 0.25) is 0 Å². The van der Waals surface area contributed by atoms with Gasteiger partial charge in [0, 0.05) is 30.7 Å². The SMILES string of the molecule is CC(Br)CCCc1nccn1C. The maximum Gasteiger partial charge on any atom is 0.108 e. The molecule has 0 saturated carbocycles. The lowest BCUT2D eigenvalue weighted by molar-refractivity contribution is 0.683. The zero-order chi connectivity index (χ0) is 8.97. The Hall–Kier alpha value is -0.310. The maximum atomic E-state index is 4.26. The molecule has 68 valence electrons. The number of hydrogen-bond acceptors (Lipinski definition) is 1. The Morgan fingerprint density at radius 3 is 2.92 bits per heavy atom. The number of halogens is 1. The van der Waals surface area contributed by atoms with Gasteiger partial charge in [0.1, 0.15) is 5.82 Å². The van der Waals surface area contributed by atoms with Crippen molar-refractivity contribution in [2.45, 2.75) is 31.0 Å². The third kappa shape index (κ3) is 2.97. The van der Waals surface area contributed by atoms with E-state index in [1.165, 1.54) is 18.7 Å². The molecular formula is C9H15BrN2. The Bertz CT molecular complexity index is 230. The molecule has 0 bridgehead atoms. The van der Waals surface area contributed by atoms with Gasteiger partial charge in [0.15, 0.2) is 0 Å². The van der Waals surface area contributed by atoms with Crippen molar-refractivity contribution in [2.75, 3.05) is 0 Å². The molecule has 0 fully saturated rings. The fourth-order valence-electron chi connectivity index (χ4n) is 1.18. The summed E-state index contributed by atoms with van der Waals surface area (Å²) in [5.41, 5.74) is 0. The van der Waals surface area contributed by atoms with Crippen molar-refractivity contribution in [1.82, 2.24) is 9.55 Å². The Labute approximate surface area is 82.1 Å². The second-order valence-electron chi connectivity index (χ2n) is 3.13. The van der Waals surface area contributed by atoms with Crippen molar-refractivity contribution in [2.24, 2.45) is 7.05 Å². The molecule has 3 heteroatoms. The average molecular weight is 231 g/mol. The van der Waals surface area contributed by atoms with Crippen LogP contribution in [-0.4, -0.2) is 14.4 Å². The van der Waals surface area contributed by atoms with Crippen molar-refractivity contribution in [3.63, 3.8) is 0 Å². The smallest absolute Gasteiger partial charge is 0.108 e. The predicted molar refractivity (Wildman–Crippen MR) is 54.5 cm³/mol. The van der Waals surface area contributed by atoms with Crippen LogP contribution in [0.3, 0.4) is 0 Å². The van der Waals surface area contributed by atoms with Crippen LogP contribution >= 0.6 is 15.9 Å². The third-order valence-electron chi connectivity index (χ3n) is 1.92. The first-order valence-electron chi connectivity index (χ1n) is 4.30. The molecule has 0 N–H and O–H groups in total. The molecule has 0 aliphatic carbocycles. The lowest BCUT2D eigenvalue weighted by Gasteiger charge is -2.02. The molecule has 1 unspecified atom stereocenters. The molecule has 1 aromatic heterocycles. The Morgan fingerprint density at radius 1 is 1.67 bits per heavy atom. The second-order valence-corrected chi connectivity index (χ2v) is 4.69. The number of rotatable bonds is 4. The minimum Gasteiger partial charge on any atom is -0.338 e. The molecule has 0 radical (unpaired) electrons. The van der Waals surface area contributed by atoms with Crippen molar-refractivity contribution >= 4 is 15.9 Å². The molecule has 0 saturated heterocycles. The summed E-state index contributed by atoms with van der Waals surface area (Å²) in [6.07, 6.45) is 7.35. The van der Waals surface area contributed by atoms with Crippen LogP contribution in [0.4, 0.5) is 0 Å². The molecule has 2 nitrogen and oxygen atoms in total. The molecule has 12 heavy (non-hydrogen) atoms. The lowest BCUT2D eigenvalue weighted by atomic mass is 10.2. The number of nitrogens with zero attached hydrogens (tertiary/aromatic N) is 2. The highest BCUT2D eigenvalue weighted by atomic mass is 79.9. The minimum atomic E-state index is 0.623. The van der Waals surface area contributed by atoms with Gasteiger partial charge in [0.25, 0.3) is 0 Å². The number of hydrogen-bond donors (Lipinski definition) is 0. The first kappa shape index (κ1) is 9.78. The van der Waals surface area contributed by atoms with E-state index in [-0.39, 0.29) is 0 Å². The lowest BCUT2D eigenvalue weighted by Crippen LogP contribution is -1.99. The molecule has 1 aromatic rings. The van der Waals surface area contributed by atoms with Crippen LogP contribution in [0.25, 0.3) is 0 Å². The van der Waals surface area contributed by atoms with E-state index in [0.29, 0.717) is 4.83 Å². The topological polar surface area (TPSA) is 17.8 Å². The second kappa shape index (κ2) is 4.65. The zero-order valence-corrected chi connectivity index (χ0v) is 9.21. The van der Waals surface area contributed by atoms with Crippen LogP contribution in [0, 0.1) is 0 Å². The van der Waals surface area contributed by atoms with Crippen molar-refractivity contribution < 1.29 is 0 Å². The summed E-state index contributed by atoms with van der Waals surface area (Å²) in [4.78, 5) is 4.88. The molecule has 0 amide bonds. The Balaban J connectivity index is 2.29. The van der Waals surface area contributed by atoms with E-state index >= 15 is 0 Å². The monoisotopic (exact) mass is 230 g/mol. The van der Waals surface area contributed by atoms with Gasteiger partial charge in [-0.3, -0.25) is 0 Å². The summed E-state index contributed by atoms with van der Waals surface area (Å²) in [5.74, 6) is 1.18. The van der Waals surface area contributed by atoms with E-state index in [1.54, 1.807) is 0 Å². The van der Waals surface area contributed by atoms with E-state index in [0.717, 1.165) is 6.42 Å². The molecule has 0 spiro atoms. The van der Waals surface area contributed by atoms with Crippen molar-refractivity contribution in [3.8, 4) is 0 Å². The summed E-state index contributed by atoms with van der Waals surface area (Å²) < 4.78 is 2.08. The number of aromatic nitrogens is 2. The van der Waals surface area contributed by atoms with Gasteiger partial charge >= 0.3 is 0 Å². The van der Waals surface area contributed by atoms with Gasteiger partial charge in [-0.2, -0.15) is 0 Å². The fraction of sp³-hybridized carbons (Fsp3) is 0.667. The average Bonchev–Trinajstić information content (AvgIpc) is 2.36. The van der Waals surface area contributed by atoms with Crippen molar-refractivity contribution in [3.05, 3.63) is 18.2 Å². The Morgan fingerprint density at radius 2 is 2.42 bits per heavy atom. The van der Waals surface area contributed by atoms with Crippen LogP contribution in [0.5, 0.6) is 0 Å². The van der Waals surface area contributed by atoms with Gasteiger partial charge < -0.3 is 4.57 Å². The van der Waals surface area contributed by atoms with Gasteiger partial charge in [-0.05, 0) is 12.8 Å². The molecule has 0 aliphatic rings. The predicted octanol–water partition coefficient (Wildman–Crippen LogP) is 2.53. The van der Waals surface area contributed by atoms with Crippen LogP contribution < -0.4 is 0 Å². The first-order valence-corrected chi connectivity index (χ1v) is 5.22. The van der Waals surface area contributed by atoms with E-state index in [1.807, 2.05) is 19.4 Å². The number of imidazole rings is 1. The highest BCUT2D eigenvalue weighted by Gasteiger charge is 2.00. The highest BCUT2D eigenvalue weighted by molar-refractivity contribution is 9.09. The molecule has 0 aromatic carbocycles. The van der Waals surface area contributed by atoms with E-state index in [9.17, 15) is 0 Å². The van der Waals surface area contributed by atoms with Gasteiger partial charge in [0.2, 0.25) is 0 Å². The van der Waals surface area contributed by atoms with Crippen LogP contribution in [0.15, 0.2) is 12.4 Å². The molecule has 0 aliphatic heterocycles. The maximum absolute atomic E-state index is 4.26. The van der Waals surface area contributed by atoms with Gasteiger partial charge in [-0.15, -0.1) is 0 Å². The molecule has 1 atom stereocenters. The normalized spacial score (nSPS) is 13.2. The molecule has 1 rings (SSSR count). The quantitative estimate of drug-likeness (QED) is 0.728. The van der Waals surface area contributed by atoms with Gasteiger partial charge in [-0.25, -0.2) is 4.98 Å². The van der Waals surface area contributed by atoms with Gasteiger partial charge in [0.05, 0.1) is 0 Å². The number of aryl methyl sites for hydroxylation is 2. The molecule has 1 heterocycles. The Kier molecular flexibility index (Phi) is 3.79. The first-order chi connectivity index (χ1) is 5.70. The van der Waals surface area contributed by atoms with E-state index in [4.69, 9.17) is 0 Å². The largest absolute Gasteiger partial charge is 0.338 e. The van der Waals surface area contributed by atoms with Crippen molar-refractivity contribution in [1.29, 1.82) is 0 Å². The number of alkyl halides is 1. The zero-order valence-electron chi connectivity index (χ0n) is 7.63. The van der Waals surface area contributed by atoms with Crippen LogP contribution in [0.1, 0.15) is 25.6 Å².